The zero-order chi connectivity index (χ0) is 15.2. The number of aromatic nitrogens is 2. The number of aliphatic carboxylic acids is 1. The van der Waals surface area contributed by atoms with Crippen LogP contribution in [-0.2, 0) is 11.3 Å². The Morgan fingerprint density at radius 3 is 2.67 bits per heavy atom. The van der Waals surface area contributed by atoms with Gasteiger partial charge in [-0.25, -0.2) is 0 Å². The minimum Gasteiger partial charge on any atom is -0.480 e. The molecule has 0 amide bonds. The van der Waals surface area contributed by atoms with Crippen molar-refractivity contribution in [2.75, 3.05) is 0 Å². The molecule has 0 fully saturated rings. The first-order valence-electron chi connectivity index (χ1n) is 7.11. The average Bonchev–Trinajstić information content (AvgIpc) is 2.92. The summed E-state index contributed by atoms with van der Waals surface area (Å²) in [6, 6.07) is 9.35. The zero-order valence-corrected chi connectivity index (χ0v) is 12.3. The van der Waals surface area contributed by atoms with Gasteiger partial charge in [0.05, 0.1) is 11.9 Å². The lowest BCUT2D eigenvalue weighted by atomic mass is 10.0. The molecule has 0 aliphatic carbocycles. The zero-order valence-electron chi connectivity index (χ0n) is 12.3. The Bertz CT molecular complexity index is 578. The Labute approximate surface area is 124 Å². The Morgan fingerprint density at radius 1 is 1.33 bits per heavy atom. The van der Waals surface area contributed by atoms with Crippen molar-refractivity contribution in [3.8, 4) is 11.3 Å². The van der Waals surface area contributed by atoms with Crippen LogP contribution in [0.5, 0.6) is 0 Å². The first kappa shape index (κ1) is 15.3. The van der Waals surface area contributed by atoms with Gasteiger partial charge in [0, 0.05) is 12.1 Å². The maximum absolute atomic E-state index is 11.3. The van der Waals surface area contributed by atoms with Crippen LogP contribution < -0.4 is 5.32 Å². The predicted molar refractivity (Wildman–Crippen MR) is 81.7 cm³/mol. The second-order valence-corrected chi connectivity index (χ2v) is 5.54. The van der Waals surface area contributed by atoms with Crippen LogP contribution in [0.15, 0.2) is 36.5 Å². The van der Waals surface area contributed by atoms with Crippen LogP contribution in [0.1, 0.15) is 25.8 Å². The molecule has 0 saturated carbocycles. The summed E-state index contributed by atoms with van der Waals surface area (Å²) < 4.78 is 0. The lowest BCUT2D eigenvalue weighted by Crippen LogP contribution is -2.37. The molecule has 5 nitrogen and oxygen atoms in total. The fourth-order valence-electron chi connectivity index (χ4n) is 2.28. The second kappa shape index (κ2) is 7.04. The van der Waals surface area contributed by atoms with Crippen molar-refractivity contribution in [3.63, 3.8) is 0 Å². The van der Waals surface area contributed by atoms with Crippen molar-refractivity contribution in [2.45, 2.75) is 32.9 Å². The summed E-state index contributed by atoms with van der Waals surface area (Å²) in [7, 11) is 0. The monoisotopic (exact) mass is 287 g/mol. The van der Waals surface area contributed by atoms with Crippen molar-refractivity contribution in [2.24, 2.45) is 5.92 Å². The van der Waals surface area contributed by atoms with E-state index in [9.17, 15) is 9.90 Å². The van der Waals surface area contributed by atoms with Gasteiger partial charge >= 0.3 is 5.97 Å². The van der Waals surface area contributed by atoms with Crippen LogP contribution in [0.25, 0.3) is 11.3 Å². The van der Waals surface area contributed by atoms with Gasteiger partial charge in [-0.05, 0) is 17.9 Å². The van der Waals surface area contributed by atoms with Gasteiger partial charge in [0.2, 0.25) is 0 Å². The number of benzene rings is 1. The molecule has 1 aromatic carbocycles. The Balaban J connectivity index is 2.07. The van der Waals surface area contributed by atoms with E-state index in [1.807, 2.05) is 44.2 Å². The van der Waals surface area contributed by atoms with E-state index < -0.39 is 12.0 Å². The van der Waals surface area contributed by atoms with E-state index in [2.05, 4.69) is 15.5 Å². The molecule has 0 spiro atoms. The topological polar surface area (TPSA) is 78.0 Å². The summed E-state index contributed by atoms with van der Waals surface area (Å²) in [5, 5.41) is 19.4. The van der Waals surface area contributed by atoms with E-state index >= 15 is 0 Å². The summed E-state index contributed by atoms with van der Waals surface area (Å²) in [6.07, 6.45) is 2.34. The third-order valence-corrected chi connectivity index (χ3v) is 3.32. The molecule has 0 aliphatic heterocycles. The number of carboxylic acid groups (broad SMARTS) is 1. The van der Waals surface area contributed by atoms with Gasteiger partial charge in [0.1, 0.15) is 6.04 Å². The lowest BCUT2D eigenvalue weighted by molar-refractivity contribution is -0.140. The molecule has 0 radical (unpaired) electrons. The maximum Gasteiger partial charge on any atom is 0.320 e. The number of hydrogen-bond acceptors (Lipinski definition) is 3. The average molecular weight is 287 g/mol. The van der Waals surface area contributed by atoms with Crippen molar-refractivity contribution < 1.29 is 9.90 Å². The summed E-state index contributed by atoms with van der Waals surface area (Å²) in [5.74, 6) is -0.481. The van der Waals surface area contributed by atoms with Crippen LogP contribution in [0.4, 0.5) is 0 Å². The smallest absolute Gasteiger partial charge is 0.320 e. The van der Waals surface area contributed by atoms with Crippen molar-refractivity contribution in [1.82, 2.24) is 15.5 Å². The SMILES string of the molecule is CC(C)CC(NCc1cn[nH]c1-c1ccccc1)C(=O)O. The second-order valence-electron chi connectivity index (χ2n) is 5.54. The number of hydrogen-bond donors (Lipinski definition) is 3. The van der Waals surface area contributed by atoms with Gasteiger partial charge in [-0.1, -0.05) is 44.2 Å². The number of nitrogens with zero attached hydrogens (tertiary/aromatic N) is 1. The highest BCUT2D eigenvalue weighted by Gasteiger charge is 2.19. The van der Waals surface area contributed by atoms with Gasteiger partial charge in [-0.3, -0.25) is 9.89 Å². The minimum absolute atomic E-state index is 0.330. The Morgan fingerprint density at radius 2 is 2.05 bits per heavy atom. The van der Waals surface area contributed by atoms with Gasteiger partial charge in [0.25, 0.3) is 0 Å². The maximum atomic E-state index is 11.3. The molecule has 0 saturated heterocycles. The van der Waals surface area contributed by atoms with Gasteiger partial charge < -0.3 is 10.4 Å². The molecule has 1 unspecified atom stereocenters. The largest absolute Gasteiger partial charge is 0.480 e. The van der Waals surface area contributed by atoms with Crippen LogP contribution in [-0.4, -0.2) is 27.3 Å². The molecule has 21 heavy (non-hydrogen) atoms. The summed E-state index contributed by atoms with van der Waals surface area (Å²) in [6.45, 7) is 4.51. The predicted octanol–water partition coefficient (Wildman–Crippen LogP) is 2.67. The van der Waals surface area contributed by atoms with Gasteiger partial charge in [0.15, 0.2) is 0 Å². The summed E-state index contributed by atoms with van der Waals surface area (Å²) in [5.41, 5.74) is 2.94. The van der Waals surface area contributed by atoms with Crippen molar-refractivity contribution in [3.05, 3.63) is 42.1 Å². The molecule has 5 heteroatoms. The summed E-state index contributed by atoms with van der Waals surface area (Å²) in [4.78, 5) is 11.3. The highest BCUT2D eigenvalue weighted by Crippen LogP contribution is 2.20. The number of nitrogens with one attached hydrogen (secondary N) is 2. The molecule has 1 aromatic heterocycles. The number of aromatic amines is 1. The van der Waals surface area contributed by atoms with Crippen LogP contribution >= 0.6 is 0 Å². The molecule has 2 aromatic rings. The van der Waals surface area contributed by atoms with E-state index in [1.165, 1.54) is 0 Å². The highest BCUT2D eigenvalue weighted by atomic mass is 16.4. The van der Waals surface area contributed by atoms with Crippen molar-refractivity contribution in [1.29, 1.82) is 0 Å². The molecule has 1 atom stereocenters. The Hall–Kier alpha value is -2.14. The highest BCUT2D eigenvalue weighted by molar-refractivity contribution is 5.73. The van der Waals surface area contributed by atoms with E-state index in [1.54, 1.807) is 6.20 Å². The fourth-order valence-corrected chi connectivity index (χ4v) is 2.28. The third kappa shape index (κ3) is 4.16. The first-order chi connectivity index (χ1) is 10.1. The first-order valence-corrected chi connectivity index (χ1v) is 7.11. The molecule has 2 rings (SSSR count). The molecule has 1 heterocycles. The van der Waals surface area contributed by atoms with Gasteiger partial charge in [-0.2, -0.15) is 5.10 Å². The summed E-state index contributed by atoms with van der Waals surface area (Å²) >= 11 is 0. The number of rotatable bonds is 7. The van der Waals surface area contributed by atoms with E-state index in [4.69, 9.17) is 0 Å². The third-order valence-electron chi connectivity index (χ3n) is 3.32. The normalized spacial score (nSPS) is 12.5. The molecule has 0 aliphatic rings. The van der Waals surface area contributed by atoms with Gasteiger partial charge in [-0.15, -0.1) is 0 Å². The Kier molecular flexibility index (Phi) is 5.11. The number of carboxylic acids is 1. The van der Waals surface area contributed by atoms with E-state index in [0.717, 1.165) is 16.8 Å². The molecule has 112 valence electrons. The van der Waals surface area contributed by atoms with E-state index in [0.29, 0.717) is 18.9 Å². The van der Waals surface area contributed by atoms with E-state index in [-0.39, 0.29) is 0 Å². The molecule has 0 bridgehead atoms. The standard InChI is InChI=1S/C16H21N3O2/c1-11(2)8-14(16(20)21)17-9-13-10-18-19-15(13)12-6-4-3-5-7-12/h3-7,10-11,14,17H,8-9H2,1-2H3,(H,18,19)(H,20,21). The minimum atomic E-state index is -0.812. The van der Waals surface area contributed by atoms with Crippen molar-refractivity contribution >= 4 is 5.97 Å². The molecular weight excluding hydrogens is 266 g/mol. The molecular formula is C16H21N3O2. The fraction of sp³-hybridized carbons (Fsp3) is 0.375. The number of H-pyrrole nitrogens is 1. The molecule has 3 N–H and O–H groups in total. The lowest BCUT2D eigenvalue weighted by Gasteiger charge is -2.16. The van der Waals surface area contributed by atoms with Crippen LogP contribution in [0.2, 0.25) is 0 Å². The van der Waals surface area contributed by atoms with Crippen LogP contribution in [0.3, 0.4) is 0 Å². The van der Waals surface area contributed by atoms with Crippen LogP contribution in [0, 0.1) is 5.92 Å². The quantitative estimate of drug-likeness (QED) is 0.731. The number of carbonyl (C=O) groups is 1.